The van der Waals surface area contributed by atoms with Gasteiger partial charge in [-0.15, -0.1) is 6.58 Å². The molecule has 3 heteroatoms. The normalized spacial score (nSPS) is 11.9. The number of halogens is 2. The van der Waals surface area contributed by atoms with Gasteiger partial charge in [0.15, 0.2) is 6.00 Å². The molecule has 92 valence electrons. The minimum Gasteiger partial charge on any atom is -1.00 e. The molecule has 1 atom stereocenters. The van der Waals surface area contributed by atoms with E-state index in [-0.39, 0.29) is 12.4 Å². The molecule has 0 aromatic heterocycles. The molecule has 1 unspecified atom stereocenters. The molecule has 0 bridgehead atoms. The lowest BCUT2D eigenvalue weighted by Gasteiger charge is -2.12. The number of quaternary nitrogens is 1. The van der Waals surface area contributed by atoms with Gasteiger partial charge in [0.1, 0.15) is 0 Å². The van der Waals surface area contributed by atoms with E-state index in [2.05, 4.69) is 18.8 Å². The molecule has 0 aromatic rings. The topological polar surface area (TPSA) is 16.6 Å². The SMILES string of the molecule is C=CCCCCCC(CCC)[NH2+]CCl.[Cl-]. The molecule has 0 aromatic carbocycles. The van der Waals surface area contributed by atoms with Crippen LogP contribution in [0.1, 0.15) is 51.9 Å². The van der Waals surface area contributed by atoms with E-state index in [1.54, 1.807) is 0 Å². The van der Waals surface area contributed by atoms with Gasteiger partial charge in [0.05, 0.1) is 6.04 Å². The van der Waals surface area contributed by atoms with Crippen molar-refractivity contribution in [3.05, 3.63) is 12.7 Å². The first-order valence-electron chi connectivity index (χ1n) is 5.85. The summed E-state index contributed by atoms with van der Waals surface area (Å²) in [5.41, 5.74) is 0. The highest BCUT2D eigenvalue weighted by atomic mass is 35.5. The molecule has 0 rings (SSSR count). The standard InChI is InChI=1S/C12H24ClN.ClH/c1-3-5-6-7-8-10-12(9-4-2)14-11-13;/h3,12,14H,1,4-11H2,2H3;1H. The summed E-state index contributed by atoms with van der Waals surface area (Å²) in [4.78, 5) is 0. The van der Waals surface area contributed by atoms with Crippen molar-refractivity contribution < 1.29 is 17.7 Å². The smallest absolute Gasteiger partial charge is 0.152 e. The van der Waals surface area contributed by atoms with Crippen LogP contribution in [-0.2, 0) is 0 Å². The maximum atomic E-state index is 5.73. The van der Waals surface area contributed by atoms with Crippen LogP contribution in [0.4, 0.5) is 0 Å². The summed E-state index contributed by atoms with van der Waals surface area (Å²) in [7, 11) is 0. The van der Waals surface area contributed by atoms with Gasteiger partial charge in [-0.1, -0.05) is 37.4 Å². The van der Waals surface area contributed by atoms with Crippen LogP contribution in [0.15, 0.2) is 12.7 Å². The van der Waals surface area contributed by atoms with Gasteiger partial charge in [-0.25, -0.2) is 0 Å². The van der Waals surface area contributed by atoms with Gasteiger partial charge in [-0.3, -0.25) is 0 Å². The second kappa shape index (κ2) is 14.3. The number of allylic oxidation sites excluding steroid dienone is 1. The van der Waals surface area contributed by atoms with Crippen LogP contribution in [0.5, 0.6) is 0 Å². The number of hydrogen-bond acceptors (Lipinski definition) is 0. The average molecular weight is 254 g/mol. The van der Waals surface area contributed by atoms with Crippen LogP contribution in [0, 0.1) is 0 Å². The van der Waals surface area contributed by atoms with Crippen LogP contribution >= 0.6 is 11.6 Å². The zero-order valence-electron chi connectivity index (χ0n) is 9.85. The molecule has 0 aliphatic carbocycles. The highest BCUT2D eigenvalue weighted by Gasteiger charge is 2.08. The molecule has 0 aliphatic rings. The molecule has 0 amide bonds. The number of hydrogen-bond donors (Lipinski definition) is 1. The molecule has 15 heavy (non-hydrogen) atoms. The highest BCUT2D eigenvalue weighted by Crippen LogP contribution is 2.07. The minimum absolute atomic E-state index is 0. The zero-order valence-corrected chi connectivity index (χ0v) is 11.4. The Bertz CT molecular complexity index is 123. The van der Waals surface area contributed by atoms with Gasteiger partial charge in [0.2, 0.25) is 0 Å². The first kappa shape index (κ1) is 17.7. The van der Waals surface area contributed by atoms with E-state index in [0.29, 0.717) is 6.00 Å². The first-order chi connectivity index (χ1) is 6.85. The fourth-order valence-electron chi connectivity index (χ4n) is 1.75. The van der Waals surface area contributed by atoms with Gasteiger partial charge >= 0.3 is 0 Å². The number of nitrogens with two attached hydrogens (primary N) is 1. The second-order valence-electron chi connectivity index (χ2n) is 3.87. The average Bonchev–Trinajstić information content (AvgIpc) is 2.18. The first-order valence-corrected chi connectivity index (χ1v) is 6.38. The van der Waals surface area contributed by atoms with Gasteiger partial charge in [-0.2, -0.15) is 0 Å². The van der Waals surface area contributed by atoms with Gasteiger partial charge < -0.3 is 17.7 Å². The molecule has 0 heterocycles. The van der Waals surface area contributed by atoms with Crippen molar-refractivity contribution in [2.24, 2.45) is 0 Å². The summed E-state index contributed by atoms with van der Waals surface area (Å²) in [6, 6.07) is 1.46. The van der Waals surface area contributed by atoms with E-state index in [0.717, 1.165) is 12.5 Å². The predicted molar refractivity (Wildman–Crippen MR) is 64.6 cm³/mol. The lowest BCUT2D eigenvalue weighted by molar-refractivity contribution is -0.675. The van der Waals surface area contributed by atoms with Crippen LogP contribution in [-0.4, -0.2) is 12.0 Å². The van der Waals surface area contributed by atoms with E-state index in [1.807, 2.05) is 6.08 Å². The molecule has 0 saturated carbocycles. The summed E-state index contributed by atoms with van der Waals surface area (Å²) < 4.78 is 0. The Morgan fingerprint density at radius 2 is 2.00 bits per heavy atom. The summed E-state index contributed by atoms with van der Waals surface area (Å²) >= 11 is 5.73. The summed E-state index contributed by atoms with van der Waals surface area (Å²) in [5.74, 6) is 0. The van der Waals surface area contributed by atoms with Crippen LogP contribution in [0.3, 0.4) is 0 Å². The number of unbranched alkanes of at least 4 members (excludes halogenated alkanes) is 3. The fourth-order valence-corrected chi connectivity index (χ4v) is 2.00. The Kier molecular flexibility index (Phi) is 16.8. The van der Waals surface area contributed by atoms with E-state index in [1.165, 1.54) is 38.5 Å². The van der Waals surface area contributed by atoms with Crippen molar-refractivity contribution in [2.75, 3.05) is 6.00 Å². The van der Waals surface area contributed by atoms with Crippen molar-refractivity contribution in [1.29, 1.82) is 0 Å². The van der Waals surface area contributed by atoms with E-state index >= 15 is 0 Å². The minimum atomic E-state index is 0. The van der Waals surface area contributed by atoms with E-state index < -0.39 is 0 Å². The van der Waals surface area contributed by atoms with Crippen molar-refractivity contribution >= 4 is 11.6 Å². The largest absolute Gasteiger partial charge is 1.00 e. The Morgan fingerprint density at radius 1 is 1.27 bits per heavy atom. The van der Waals surface area contributed by atoms with Crippen LogP contribution in [0.25, 0.3) is 0 Å². The summed E-state index contributed by atoms with van der Waals surface area (Å²) in [6.45, 7) is 5.97. The zero-order chi connectivity index (χ0) is 10.6. The van der Waals surface area contributed by atoms with E-state index in [9.17, 15) is 0 Å². The molecule has 0 aliphatic heterocycles. The Morgan fingerprint density at radius 3 is 2.53 bits per heavy atom. The van der Waals surface area contributed by atoms with Crippen molar-refractivity contribution in [3.63, 3.8) is 0 Å². The third-order valence-corrected chi connectivity index (χ3v) is 2.74. The lowest BCUT2D eigenvalue weighted by atomic mass is 10.0. The molecule has 0 spiro atoms. The molecular formula is C12H25Cl2N. The molecule has 1 nitrogen and oxygen atoms in total. The quantitative estimate of drug-likeness (QED) is 0.246. The maximum Gasteiger partial charge on any atom is 0.152 e. The highest BCUT2D eigenvalue weighted by molar-refractivity contribution is 6.16. The van der Waals surface area contributed by atoms with Crippen molar-refractivity contribution in [3.8, 4) is 0 Å². The Labute approximate surface area is 106 Å². The monoisotopic (exact) mass is 253 g/mol. The molecule has 2 N–H and O–H groups in total. The maximum absolute atomic E-state index is 5.73. The molecule has 0 fully saturated rings. The Hall–Kier alpha value is 0.280. The predicted octanol–water partition coefficient (Wildman–Crippen LogP) is 0.0553. The second-order valence-corrected chi connectivity index (χ2v) is 4.17. The lowest BCUT2D eigenvalue weighted by Crippen LogP contribution is -3.00. The van der Waals surface area contributed by atoms with Crippen LogP contribution < -0.4 is 17.7 Å². The number of alkyl halides is 1. The molecular weight excluding hydrogens is 229 g/mol. The third kappa shape index (κ3) is 12.2. The Balaban J connectivity index is 0. The van der Waals surface area contributed by atoms with Crippen molar-refractivity contribution in [1.82, 2.24) is 0 Å². The molecule has 0 saturated heterocycles. The summed E-state index contributed by atoms with van der Waals surface area (Å²) in [5, 5.41) is 2.26. The van der Waals surface area contributed by atoms with E-state index in [4.69, 9.17) is 11.6 Å². The van der Waals surface area contributed by atoms with Crippen LogP contribution in [0.2, 0.25) is 0 Å². The van der Waals surface area contributed by atoms with Gasteiger partial charge in [0, 0.05) is 0 Å². The summed E-state index contributed by atoms with van der Waals surface area (Å²) in [6.07, 6.45) is 11.0. The molecule has 0 radical (unpaired) electrons. The van der Waals surface area contributed by atoms with Gasteiger partial charge in [0.25, 0.3) is 0 Å². The fraction of sp³-hybridized carbons (Fsp3) is 0.833. The van der Waals surface area contributed by atoms with Crippen molar-refractivity contribution in [2.45, 2.75) is 57.9 Å². The number of rotatable bonds is 10. The third-order valence-electron chi connectivity index (χ3n) is 2.57. The van der Waals surface area contributed by atoms with Gasteiger partial charge in [-0.05, 0) is 32.1 Å².